The number of hydrogen-bond acceptors (Lipinski definition) is 4. The van der Waals surface area contributed by atoms with E-state index in [1.165, 1.54) is 5.56 Å². The Morgan fingerprint density at radius 2 is 2.12 bits per heavy atom. The third kappa shape index (κ3) is 2.82. The van der Waals surface area contributed by atoms with Gasteiger partial charge in [0.05, 0.1) is 5.69 Å². The molecule has 0 spiro atoms. The van der Waals surface area contributed by atoms with Crippen molar-refractivity contribution in [1.82, 2.24) is 4.98 Å². The smallest absolute Gasteiger partial charge is 0.256 e. The zero-order chi connectivity index (χ0) is 12.4. The Kier molecular flexibility index (Phi) is 3.43. The number of oxazole rings is 1. The van der Waals surface area contributed by atoms with Crippen molar-refractivity contribution in [3.05, 3.63) is 41.3 Å². The molecule has 0 amide bonds. The minimum Gasteiger partial charge on any atom is -0.437 e. The van der Waals surface area contributed by atoms with Crippen LogP contribution < -0.4 is 5.73 Å². The van der Waals surface area contributed by atoms with Gasteiger partial charge in [0, 0.05) is 10.9 Å². The molecule has 3 nitrogen and oxygen atoms in total. The van der Waals surface area contributed by atoms with Crippen LogP contribution in [0, 0.1) is 13.8 Å². The van der Waals surface area contributed by atoms with E-state index < -0.39 is 0 Å². The summed E-state index contributed by atoms with van der Waals surface area (Å²) in [5.41, 5.74) is 8.69. The van der Waals surface area contributed by atoms with Crippen LogP contribution in [0.4, 0.5) is 5.69 Å². The summed E-state index contributed by atoms with van der Waals surface area (Å²) in [5.74, 6) is 0.882. The summed E-state index contributed by atoms with van der Waals surface area (Å²) in [5, 5.41) is 0.992. The SMILES string of the molecule is Cc1nc(SC(C)c2cccc(N)c2)oc1C. The maximum absolute atomic E-state index is 5.77. The summed E-state index contributed by atoms with van der Waals surface area (Å²) >= 11 is 1.61. The molecule has 1 atom stereocenters. The number of aryl methyl sites for hydroxylation is 2. The molecule has 17 heavy (non-hydrogen) atoms. The number of nitrogens with two attached hydrogens (primary N) is 1. The van der Waals surface area contributed by atoms with Gasteiger partial charge in [0.1, 0.15) is 5.76 Å². The van der Waals surface area contributed by atoms with Gasteiger partial charge >= 0.3 is 0 Å². The van der Waals surface area contributed by atoms with Crippen LogP contribution in [0.2, 0.25) is 0 Å². The molecule has 1 aromatic heterocycles. The monoisotopic (exact) mass is 248 g/mol. The highest BCUT2D eigenvalue weighted by atomic mass is 32.2. The summed E-state index contributed by atoms with van der Waals surface area (Å²) in [7, 11) is 0. The van der Waals surface area contributed by atoms with Crippen molar-refractivity contribution in [1.29, 1.82) is 0 Å². The Balaban J connectivity index is 2.14. The summed E-state index contributed by atoms with van der Waals surface area (Å²) in [6.45, 7) is 6.00. The predicted molar refractivity (Wildman–Crippen MR) is 71.1 cm³/mol. The van der Waals surface area contributed by atoms with Crippen molar-refractivity contribution >= 4 is 17.4 Å². The first-order valence-electron chi connectivity index (χ1n) is 5.52. The standard InChI is InChI=1S/C13H16N2OS/c1-8-9(2)16-13(15-8)17-10(3)11-5-4-6-12(14)7-11/h4-7,10H,14H2,1-3H3. The highest BCUT2D eigenvalue weighted by molar-refractivity contribution is 7.99. The number of anilines is 1. The van der Waals surface area contributed by atoms with Crippen molar-refractivity contribution < 1.29 is 4.42 Å². The minimum absolute atomic E-state index is 0.274. The van der Waals surface area contributed by atoms with Crippen LogP contribution in [0.15, 0.2) is 33.9 Å². The molecule has 1 unspecified atom stereocenters. The highest BCUT2D eigenvalue weighted by Crippen LogP contribution is 2.35. The van der Waals surface area contributed by atoms with E-state index in [4.69, 9.17) is 10.2 Å². The van der Waals surface area contributed by atoms with Crippen LogP contribution in [0.5, 0.6) is 0 Å². The first kappa shape index (κ1) is 12.0. The number of thioether (sulfide) groups is 1. The number of rotatable bonds is 3. The van der Waals surface area contributed by atoms with Gasteiger partial charge in [0.2, 0.25) is 0 Å². The topological polar surface area (TPSA) is 52.0 Å². The first-order valence-corrected chi connectivity index (χ1v) is 6.40. The second kappa shape index (κ2) is 4.84. The second-order valence-electron chi connectivity index (χ2n) is 4.05. The Labute approximate surface area is 105 Å². The maximum atomic E-state index is 5.77. The quantitative estimate of drug-likeness (QED) is 0.664. The fraction of sp³-hybridized carbons (Fsp3) is 0.308. The largest absolute Gasteiger partial charge is 0.437 e. The van der Waals surface area contributed by atoms with Gasteiger partial charge in [-0.3, -0.25) is 0 Å². The van der Waals surface area contributed by atoms with Gasteiger partial charge in [-0.05, 0) is 38.5 Å². The van der Waals surface area contributed by atoms with E-state index in [9.17, 15) is 0 Å². The molecule has 1 aromatic carbocycles. The summed E-state index contributed by atoms with van der Waals surface area (Å²) < 4.78 is 5.56. The van der Waals surface area contributed by atoms with Crippen LogP contribution in [-0.2, 0) is 0 Å². The van der Waals surface area contributed by atoms with E-state index in [0.29, 0.717) is 0 Å². The van der Waals surface area contributed by atoms with Crippen LogP contribution in [0.25, 0.3) is 0 Å². The molecule has 4 heteroatoms. The molecule has 1 heterocycles. The molecule has 0 fully saturated rings. The molecule has 2 rings (SSSR count). The van der Waals surface area contributed by atoms with E-state index >= 15 is 0 Å². The van der Waals surface area contributed by atoms with Gasteiger partial charge in [0.25, 0.3) is 5.22 Å². The van der Waals surface area contributed by atoms with Crippen molar-refractivity contribution in [2.24, 2.45) is 0 Å². The molecule has 0 saturated heterocycles. The maximum Gasteiger partial charge on any atom is 0.256 e. The molecule has 90 valence electrons. The van der Waals surface area contributed by atoms with Gasteiger partial charge in [0.15, 0.2) is 0 Å². The lowest BCUT2D eigenvalue weighted by molar-refractivity contribution is 0.430. The van der Waals surface area contributed by atoms with Crippen LogP contribution in [-0.4, -0.2) is 4.98 Å². The van der Waals surface area contributed by atoms with Crippen molar-refractivity contribution in [3.8, 4) is 0 Å². The minimum atomic E-state index is 0.274. The number of nitrogens with zero attached hydrogens (tertiary/aromatic N) is 1. The zero-order valence-electron chi connectivity index (χ0n) is 10.2. The molecule has 0 aliphatic heterocycles. The first-order chi connectivity index (χ1) is 8.06. The Morgan fingerprint density at radius 3 is 2.71 bits per heavy atom. The molecular formula is C13H16N2OS. The van der Waals surface area contributed by atoms with Crippen molar-refractivity contribution in [2.45, 2.75) is 31.2 Å². The predicted octanol–water partition coefficient (Wildman–Crippen LogP) is 3.73. The molecule has 2 N–H and O–H groups in total. The molecule has 2 aromatic rings. The fourth-order valence-corrected chi connectivity index (χ4v) is 2.47. The third-order valence-corrected chi connectivity index (χ3v) is 3.67. The lowest BCUT2D eigenvalue weighted by atomic mass is 10.1. The van der Waals surface area contributed by atoms with Crippen molar-refractivity contribution in [3.63, 3.8) is 0 Å². The summed E-state index contributed by atoms with van der Waals surface area (Å²) in [4.78, 5) is 4.36. The van der Waals surface area contributed by atoms with E-state index in [0.717, 1.165) is 22.4 Å². The lowest BCUT2D eigenvalue weighted by Crippen LogP contribution is -1.91. The second-order valence-corrected chi connectivity index (χ2v) is 5.34. The molecule has 0 aliphatic rings. The Morgan fingerprint density at radius 1 is 1.35 bits per heavy atom. The third-order valence-electron chi connectivity index (χ3n) is 2.67. The number of hydrogen-bond donors (Lipinski definition) is 1. The fourth-order valence-electron chi connectivity index (χ4n) is 1.52. The Hall–Kier alpha value is -1.42. The van der Waals surface area contributed by atoms with E-state index in [-0.39, 0.29) is 5.25 Å². The van der Waals surface area contributed by atoms with Crippen LogP contribution in [0.3, 0.4) is 0 Å². The Bertz CT molecular complexity index is 502. The molecule has 0 aliphatic carbocycles. The summed E-state index contributed by atoms with van der Waals surface area (Å²) in [6.07, 6.45) is 0. The van der Waals surface area contributed by atoms with Crippen molar-refractivity contribution in [2.75, 3.05) is 5.73 Å². The summed E-state index contributed by atoms with van der Waals surface area (Å²) in [6, 6.07) is 7.91. The average molecular weight is 248 g/mol. The van der Waals surface area contributed by atoms with Gasteiger partial charge in [-0.25, -0.2) is 4.98 Å². The molecule has 0 saturated carbocycles. The molecule has 0 bridgehead atoms. The lowest BCUT2D eigenvalue weighted by Gasteiger charge is -2.09. The average Bonchev–Trinajstić information content (AvgIpc) is 2.58. The van der Waals surface area contributed by atoms with Crippen LogP contribution >= 0.6 is 11.8 Å². The van der Waals surface area contributed by atoms with Gasteiger partial charge in [-0.1, -0.05) is 23.9 Å². The zero-order valence-corrected chi connectivity index (χ0v) is 11.0. The van der Waals surface area contributed by atoms with Crippen LogP contribution in [0.1, 0.15) is 29.2 Å². The van der Waals surface area contributed by atoms with Gasteiger partial charge in [-0.2, -0.15) is 0 Å². The number of aromatic nitrogens is 1. The van der Waals surface area contributed by atoms with Gasteiger partial charge < -0.3 is 10.2 Å². The van der Waals surface area contributed by atoms with E-state index in [2.05, 4.69) is 18.0 Å². The number of benzene rings is 1. The molecular weight excluding hydrogens is 232 g/mol. The normalized spacial score (nSPS) is 12.6. The van der Waals surface area contributed by atoms with E-state index in [1.807, 2.05) is 32.0 Å². The molecule has 0 radical (unpaired) electrons. The van der Waals surface area contributed by atoms with E-state index in [1.54, 1.807) is 11.8 Å². The highest BCUT2D eigenvalue weighted by Gasteiger charge is 2.13. The van der Waals surface area contributed by atoms with Gasteiger partial charge in [-0.15, -0.1) is 0 Å². The number of nitrogen functional groups attached to an aromatic ring is 1.